The topological polar surface area (TPSA) is 97.6 Å². The van der Waals surface area contributed by atoms with Crippen LogP contribution in [-0.4, -0.2) is 30.6 Å². The number of nitrogens with zero attached hydrogens (tertiary/aromatic N) is 5. The third-order valence-electron chi connectivity index (χ3n) is 3.82. The molecule has 0 aliphatic carbocycles. The lowest BCUT2D eigenvalue weighted by atomic mass is 10.2. The van der Waals surface area contributed by atoms with Crippen molar-refractivity contribution >= 4 is 11.9 Å². The summed E-state index contributed by atoms with van der Waals surface area (Å²) in [6, 6.07) is 3.88. The quantitative estimate of drug-likeness (QED) is 0.664. The zero-order valence-electron chi connectivity index (χ0n) is 15.2. The highest BCUT2D eigenvalue weighted by atomic mass is 19.4. The van der Waals surface area contributed by atoms with Gasteiger partial charge >= 0.3 is 6.18 Å². The van der Waals surface area contributed by atoms with E-state index in [-0.39, 0.29) is 17.3 Å². The van der Waals surface area contributed by atoms with Crippen molar-refractivity contribution < 1.29 is 18.0 Å². The van der Waals surface area contributed by atoms with Gasteiger partial charge in [0.2, 0.25) is 5.95 Å². The first-order valence-corrected chi connectivity index (χ1v) is 8.12. The summed E-state index contributed by atoms with van der Waals surface area (Å²) in [5, 5.41) is 4.04. The van der Waals surface area contributed by atoms with Crippen molar-refractivity contribution in [3.05, 3.63) is 58.8 Å². The predicted octanol–water partition coefficient (Wildman–Crippen LogP) is 2.76. The van der Waals surface area contributed by atoms with Gasteiger partial charge in [-0.25, -0.2) is 19.6 Å². The number of aryl methyl sites for hydroxylation is 2. The van der Waals surface area contributed by atoms with Gasteiger partial charge in [0, 0.05) is 17.6 Å². The van der Waals surface area contributed by atoms with Gasteiger partial charge in [0.05, 0.1) is 23.0 Å². The van der Waals surface area contributed by atoms with Crippen LogP contribution in [0.2, 0.25) is 0 Å². The maximum atomic E-state index is 12.7. The van der Waals surface area contributed by atoms with Crippen LogP contribution in [0.4, 0.5) is 19.1 Å². The molecule has 1 amide bonds. The summed E-state index contributed by atoms with van der Waals surface area (Å²) < 4.78 is 39.2. The van der Waals surface area contributed by atoms with Crippen LogP contribution in [0.25, 0.3) is 5.82 Å². The summed E-state index contributed by atoms with van der Waals surface area (Å²) >= 11 is 0. The molecule has 0 radical (unpaired) electrons. The molecule has 2 N–H and O–H groups in total. The summed E-state index contributed by atoms with van der Waals surface area (Å²) in [6.45, 7) is 5.20. The minimum atomic E-state index is -4.47. The highest BCUT2D eigenvalue weighted by Gasteiger charge is 2.30. The Labute approximate surface area is 157 Å². The average Bonchev–Trinajstić information content (AvgIpc) is 3.00. The number of halogens is 3. The number of pyridine rings is 1. The molecule has 3 aromatic heterocycles. The van der Waals surface area contributed by atoms with Gasteiger partial charge in [-0.1, -0.05) is 0 Å². The molecule has 11 heteroatoms. The van der Waals surface area contributed by atoms with Gasteiger partial charge in [-0.3, -0.25) is 15.6 Å². The van der Waals surface area contributed by atoms with Crippen LogP contribution in [-0.2, 0) is 6.18 Å². The molecule has 0 aliphatic heterocycles. The second kappa shape index (κ2) is 7.25. The molecule has 0 fully saturated rings. The van der Waals surface area contributed by atoms with Crippen molar-refractivity contribution in [3.8, 4) is 5.82 Å². The summed E-state index contributed by atoms with van der Waals surface area (Å²) in [5.74, 6) is -0.103. The standard InChI is InChI=1S/C17H16F3N7O/c1-9-6-10(2)24-16(23-9)26-25-15(28)13-8-22-27(11(13)3)14-5-4-12(7-21-14)17(18,19)20/h4-8H,1-3H3,(H,25,28)(H,23,24,26). The van der Waals surface area contributed by atoms with E-state index in [1.165, 1.54) is 16.9 Å². The number of hydrogen-bond acceptors (Lipinski definition) is 6. The largest absolute Gasteiger partial charge is 0.417 e. The van der Waals surface area contributed by atoms with Crippen LogP contribution < -0.4 is 10.9 Å². The monoisotopic (exact) mass is 391 g/mol. The van der Waals surface area contributed by atoms with Crippen LogP contribution in [0.15, 0.2) is 30.6 Å². The first-order valence-electron chi connectivity index (χ1n) is 8.12. The van der Waals surface area contributed by atoms with E-state index < -0.39 is 17.6 Å². The van der Waals surface area contributed by atoms with E-state index in [4.69, 9.17) is 0 Å². The van der Waals surface area contributed by atoms with Gasteiger partial charge in [0.15, 0.2) is 5.82 Å². The van der Waals surface area contributed by atoms with E-state index in [1.54, 1.807) is 26.8 Å². The summed E-state index contributed by atoms with van der Waals surface area (Å²) in [6.07, 6.45) is -2.46. The van der Waals surface area contributed by atoms with Gasteiger partial charge in [-0.2, -0.15) is 18.3 Å². The van der Waals surface area contributed by atoms with E-state index in [1.807, 2.05) is 0 Å². The molecule has 0 aliphatic rings. The molecule has 3 heterocycles. The number of amides is 1. The molecule has 8 nitrogen and oxygen atoms in total. The van der Waals surface area contributed by atoms with Gasteiger partial charge in [-0.15, -0.1) is 0 Å². The van der Waals surface area contributed by atoms with Gasteiger partial charge in [-0.05, 0) is 39.0 Å². The third kappa shape index (κ3) is 4.08. The van der Waals surface area contributed by atoms with Crippen molar-refractivity contribution in [3.63, 3.8) is 0 Å². The first kappa shape index (κ1) is 19.3. The van der Waals surface area contributed by atoms with E-state index in [2.05, 4.69) is 30.9 Å². The molecule has 0 saturated heterocycles. The minimum absolute atomic E-state index is 0.162. The van der Waals surface area contributed by atoms with Gasteiger partial charge in [0.1, 0.15) is 0 Å². The van der Waals surface area contributed by atoms with Crippen LogP contribution in [0.3, 0.4) is 0 Å². The molecule has 146 valence electrons. The van der Waals surface area contributed by atoms with Crippen LogP contribution >= 0.6 is 0 Å². The van der Waals surface area contributed by atoms with E-state index in [9.17, 15) is 18.0 Å². The SMILES string of the molecule is Cc1cc(C)nc(NNC(=O)c2cnn(-c3ccc(C(F)(F)F)cn3)c2C)n1. The predicted molar refractivity (Wildman–Crippen MR) is 93.7 cm³/mol. The maximum Gasteiger partial charge on any atom is 0.417 e. The Kier molecular flexibility index (Phi) is 4.99. The fourth-order valence-corrected chi connectivity index (χ4v) is 2.50. The minimum Gasteiger partial charge on any atom is -0.267 e. The zero-order valence-corrected chi connectivity index (χ0v) is 15.2. The maximum absolute atomic E-state index is 12.7. The molecule has 0 spiro atoms. The summed E-state index contributed by atoms with van der Waals surface area (Å²) in [5.41, 5.74) is 6.34. The number of anilines is 1. The van der Waals surface area contributed by atoms with Crippen LogP contribution in [0.5, 0.6) is 0 Å². The number of carbonyl (C=O) groups is 1. The number of aromatic nitrogens is 5. The Morgan fingerprint density at radius 2 is 1.75 bits per heavy atom. The van der Waals surface area contributed by atoms with Crippen LogP contribution in [0.1, 0.15) is 33.0 Å². The second-order valence-corrected chi connectivity index (χ2v) is 6.01. The fraction of sp³-hybridized carbons (Fsp3) is 0.235. The van der Waals surface area contributed by atoms with Gasteiger partial charge in [0.25, 0.3) is 5.91 Å². The van der Waals surface area contributed by atoms with Crippen molar-refractivity contribution in [2.24, 2.45) is 0 Å². The summed E-state index contributed by atoms with van der Waals surface area (Å²) in [7, 11) is 0. The Morgan fingerprint density at radius 1 is 1.07 bits per heavy atom. The second-order valence-electron chi connectivity index (χ2n) is 6.01. The number of alkyl halides is 3. The molecular formula is C17H16F3N7O. The van der Waals surface area contributed by atoms with Crippen molar-refractivity contribution in [1.29, 1.82) is 0 Å². The number of carbonyl (C=O) groups excluding carboxylic acids is 1. The molecular weight excluding hydrogens is 375 g/mol. The smallest absolute Gasteiger partial charge is 0.267 e. The number of nitrogens with one attached hydrogen (secondary N) is 2. The van der Waals surface area contributed by atoms with Gasteiger partial charge < -0.3 is 0 Å². The van der Waals surface area contributed by atoms with Crippen molar-refractivity contribution in [1.82, 2.24) is 30.2 Å². The number of hydrogen-bond donors (Lipinski definition) is 2. The van der Waals surface area contributed by atoms with Crippen molar-refractivity contribution in [2.45, 2.75) is 26.9 Å². The molecule has 0 bridgehead atoms. The molecule has 28 heavy (non-hydrogen) atoms. The highest BCUT2D eigenvalue weighted by molar-refractivity contribution is 5.95. The number of hydrazine groups is 1. The first-order chi connectivity index (χ1) is 13.1. The lowest BCUT2D eigenvalue weighted by Crippen LogP contribution is -2.30. The average molecular weight is 391 g/mol. The van der Waals surface area contributed by atoms with E-state index >= 15 is 0 Å². The van der Waals surface area contributed by atoms with E-state index in [0.29, 0.717) is 5.69 Å². The molecule has 3 rings (SSSR count). The lowest BCUT2D eigenvalue weighted by Gasteiger charge is -2.09. The lowest BCUT2D eigenvalue weighted by molar-refractivity contribution is -0.137. The Morgan fingerprint density at radius 3 is 2.32 bits per heavy atom. The Bertz CT molecular complexity index is 992. The molecule has 3 aromatic rings. The third-order valence-corrected chi connectivity index (χ3v) is 3.82. The molecule has 0 unspecified atom stereocenters. The zero-order chi connectivity index (χ0) is 20.5. The van der Waals surface area contributed by atoms with E-state index in [0.717, 1.165) is 23.7 Å². The molecule has 0 saturated carbocycles. The Balaban J connectivity index is 1.75. The van der Waals surface area contributed by atoms with Crippen LogP contribution in [0, 0.1) is 20.8 Å². The fourth-order valence-electron chi connectivity index (χ4n) is 2.50. The van der Waals surface area contributed by atoms with Crippen molar-refractivity contribution in [2.75, 3.05) is 5.43 Å². The molecule has 0 atom stereocenters. The highest BCUT2D eigenvalue weighted by Crippen LogP contribution is 2.28. The number of rotatable bonds is 4. The summed E-state index contributed by atoms with van der Waals surface area (Å²) in [4.78, 5) is 24.4. The molecule has 0 aromatic carbocycles. The Hall–Kier alpha value is -3.50. The normalized spacial score (nSPS) is 11.4.